The largest absolute Gasteiger partial charge is 0.481 e. The van der Waals surface area contributed by atoms with Crippen LogP contribution in [0.1, 0.15) is 6.42 Å². The molecule has 2 rings (SSSR count). The van der Waals surface area contributed by atoms with Gasteiger partial charge in [-0.1, -0.05) is 0 Å². The Morgan fingerprint density at radius 3 is 2.86 bits per heavy atom. The number of amides is 1. The van der Waals surface area contributed by atoms with E-state index in [0.29, 0.717) is 6.42 Å². The van der Waals surface area contributed by atoms with Gasteiger partial charge in [0.1, 0.15) is 6.33 Å². The number of carbonyl (C=O) groups is 2. The molecule has 7 heteroatoms. The lowest BCUT2D eigenvalue weighted by atomic mass is 10.3. The molecule has 0 spiro atoms. The van der Waals surface area contributed by atoms with Crippen LogP contribution in [0.25, 0.3) is 0 Å². The number of hydrogen-bond acceptors (Lipinski definition) is 4. The van der Waals surface area contributed by atoms with E-state index < -0.39 is 17.8 Å². The minimum absolute atomic E-state index is 0.242. The van der Waals surface area contributed by atoms with Crippen molar-refractivity contribution in [3.05, 3.63) is 6.33 Å². The van der Waals surface area contributed by atoms with E-state index in [-0.39, 0.29) is 11.9 Å². The van der Waals surface area contributed by atoms with Crippen LogP contribution < -0.4 is 5.32 Å². The highest BCUT2D eigenvalue weighted by atomic mass is 16.4. The molecule has 0 saturated heterocycles. The van der Waals surface area contributed by atoms with Crippen molar-refractivity contribution in [2.24, 2.45) is 11.8 Å². The molecule has 1 heterocycles. The minimum atomic E-state index is -0.928. The number of aromatic nitrogens is 3. The average molecular weight is 196 g/mol. The third kappa shape index (κ3) is 1.56. The lowest BCUT2D eigenvalue weighted by Crippen LogP contribution is -2.17. The van der Waals surface area contributed by atoms with Crippen LogP contribution in [0.5, 0.6) is 0 Å². The lowest BCUT2D eigenvalue weighted by Gasteiger charge is -1.97. The summed E-state index contributed by atoms with van der Waals surface area (Å²) in [4.78, 5) is 25.5. The van der Waals surface area contributed by atoms with Crippen molar-refractivity contribution < 1.29 is 14.7 Å². The van der Waals surface area contributed by atoms with E-state index in [9.17, 15) is 9.59 Å². The van der Waals surface area contributed by atoms with Crippen molar-refractivity contribution in [3.63, 3.8) is 0 Å². The summed E-state index contributed by atoms with van der Waals surface area (Å²) in [6.45, 7) is 0. The molecule has 1 aliphatic rings. The monoisotopic (exact) mass is 196 g/mol. The van der Waals surface area contributed by atoms with Gasteiger partial charge < -0.3 is 5.11 Å². The predicted molar refractivity (Wildman–Crippen MR) is 44.2 cm³/mol. The van der Waals surface area contributed by atoms with Crippen LogP contribution in [0, 0.1) is 11.8 Å². The molecule has 74 valence electrons. The van der Waals surface area contributed by atoms with Gasteiger partial charge in [0, 0.05) is 0 Å². The molecular weight excluding hydrogens is 188 g/mol. The summed E-state index contributed by atoms with van der Waals surface area (Å²) in [5, 5.41) is 17.0. The van der Waals surface area contributed by atoms with Crippen LogP contribution >= 0.6 is 0 Å². The molecule has 1 aromatic heterocycles. The first-order valence-corrected chi connectivity index (χ1v) is 4.07. The number of nitrogens with one attached hydrogen (secondary N) is 2. The number of hydrogen-bond donors (Lipinski definition) is 3. The highest BCUT2D eigenvalue weighted by Crippen LogP contribution is 2.39. The number of aromatic amines is 1. The highest BCUT2D eigenvalue weighted by Gasteiger charge is 2.48. The molecular formula is C7H8N4O3. The number of anilines is 1. The molecule has 1 amide bonds. The van der Waals surface area contributed by atoms with Gasteiger partial charge in [0.2, 0.25) is 11.9 Å². The van der Waals surface area contributed by atoms with Crippen LogP contribution in [-0.2, 0) is 9.59 Å². The predicted octanol–water partition coefficient (Wildman–Crippen LogP) is -0.536. The van der Waals surface area contributed by atoms with Crippen molar-refractivity contribution in [2.75, 3.05) is 5.32 Å². The standard InChI is InChI=1S/C7H8N4O3/c12-5(3-1-4(3)6(13)14)10-7-8-2-9-11-7/h2-4H,1H2,(H,13,14)(H2,8,9,10,11,12). The Balaban J connectivity index is 1.90. The Morgan fingerprint density at radius 1 is 1.57 bits per heavy atom. The molecule has 2 unspecified atom stereocenters. The Labute approximate surface area is 78.5 Å². The van der Waals surface area contributed by atoms with Gasteiger partial charge in [0.25, 0.3) is 0 Å². The summed E-state index contributed by atoms with van der Waals surface area (Å²) >= 11 is 0. The molecule has 0 radical (unpaired) electrons. The van der Waals surface area contributed by atoms with Gasteiger partial charge in [-0.25, -0.2) is 5.10 Å². The Bertz CT molecular complexity index is 361. The van der Waals surface area contributed by atoms with Crippen LogP contribution in [0.2, 0.25) is 0 Å². The van der Waals surface area contributed by atoms with Crippen LogP contribution in [0.3, 0.4) is 0 Å². The van der Waals surface area contributed by atoms with Gasteiger partial charge in [-0.2, -0.15) is 10.1 Å². The molecule has 1 aliphatic carbocycles. The van der Waals surface area contributed by atoms with Crippen LogP contribution in [0.15, 0.2) is 6.33 Å². The van der Waals surface area contributed by atoms with E-state index in [2.05, 4.69) is 20.5 Å². The molecule has 14 heavy (non-hydrogen) atoms. The second-order valence-electron chi connectivity index (χ2n) is 3.11. The van der Waals surface area contributed by atoms with E-state index in [4.69, 9.17) is 5.11 Å². The van der Waals surface area contributed by atoms with Crippen LogP contribution in [-0.4, -0.2) is 32.2 Å². The Hall–Kier alpha value is -1.92. The zero-order valence-electron chi connectivity index (χ0n) is 7.10. The molecule has 0 bridgehead atoms. The third-order valence-electron chi connectivity index (χ3n) is 2.10. The highest BCUT2D eigenvalue weighted by molar-refractivity contribution is 5.97. The van der Waals surface area contributed by atoms with E-state index in [1.165, 1.54) is 6.33 Å². The molecule has 2 atom stereocenters. The SMILES string of the molecule is O=C(O)C1CC1C(=O)Nc1ncn[nH]1. The fraction of sp³-hybridized carbons (Fsp3) is 0.429. The van der Waals surface area contributed by atoms with Crippen molar-refractivity contribution >= 4 is 17.8 Å². The smallest absolute Gasteiger partial charge is 0.307 e. The summed E-state index contributed by atoms with van der Waals surface area (Å²) in [5.41, 5.74) is 0. The van der Waals surface area contributed by atoms with E-state index in [0.717, 1.165) is 0 Å². The van der Waals surface area contributed by atoms with Gasteiger partial charge in [-0.05, 0) is 6.42 Å². The fourth-order valence-electron chi connectivity index (χ4n) is 1.23. The maximum Gasteiger partial charge on any atom is 0.307 e. The van der Waals surface area contributed by atoms with Crippen molar-refractivity contribution in [3.8, 4) is 0 Å². The zero-order chi connectivity index (χ0) is 10.1. The summed E-state index contributed by atoms with van der Waals surface area (Å²) in [6, 6.07) is 0. The number of nitrogens with zero attached hydrogens (tertiary/aromatic N) is 2. The fourth-order valence-corrected chi connectivity index (χ4v) is 1.23. The lowest BCUT2D eigenvalue weighted by molar-refractivity contribution is -0.139. The Kier molecular flexibility index (Phi) is 1.91. The Morgan fingerprint density at radius 2 is 2.36 bits per heavy atom. The second-order valence-corrected chi connectivity index (χ2v) is 3.11. The van der Waals surface area contributed by atoms with Gasteiger partial charge in [0.05, 0.1) is 11.8 Å². The van der Waals surface area contributed by atoms with Crippen molar-refractivity contribution in [2.45, 2.75) is 6.42 Å². The van der Waals surface area contributed by atoms with Gasteiger partial charge in [-0.3, -0.25) is 14.9 Å². The summed E-state index contributed by atoms with van der Waals surface area (Å²) in [6.07, 6.45) is 1.66. The van der Waals surface area contributed by atoms with E-state index in [1.807, 2.05) is 0 Å². The van der Waals surface area contributed by atoms with Gasteiger partial charge >= 0.3 is 5.97 Å². The topological polar surface area (TPSA) is 108 Å². The van der Waals surface area contributed by atoms with Crippen LogP contribution in [0.4, 0.5) is 5.95 Å². The minimum Gasteiger partial charge on any atom is -0.481 e. The number of aliphatic carboxylic acids is 1. The molecule has 0 aromatic carbocycles. The maximum atomic E-state index is 11.3. The third-order valence-corrected chi connectivity index (χ3v) is 2.10. The first-order chi connectivity index (χ1) is 6.68. The first-order valence-electron chi connectivity index (χ1n) is 4.07. The average Bonchev–Trinajstić information content (AvgIpc) is 2.80. The number of rotatable bonds is 3. The maximum absolute atomic E-state index is 11.3. The quantitative estimate of drug-likeness (QED) is 0.601. The first kappa shape index (κ1) is 8.67. The number of carboxylic acid groups (broad SMARTS) is 1. The molecule has 7 nitrogen and oxygen atoms in total. The van der Waals surface area contributed by atoms with E-state index in [1.54, 1.807) is 0 Å². The molecule has 3 N–H and O–H groups in total. The van der Waals surface area contributed by atoms with Crippen molar-refractivity contribution in [1.82, 2.24) is 15.2 Å². The number of carbonyl (C=O) groups excluding carboxylic acids is 1. The number of H-pyrrole nitrogens is 1. The molecule has 1 saturated carbocycles. The molecule has 1 fully saturated rings. The number of carboxylic acids is 1. The summed E-state index contributed by atoms with van der Waals surface area (Å²) in [5.74, 6) is -1.99. The summed E-state index contributed by atoms with van der Waals surface area (Å²) < 4.78 is 0. The zero-order valence-corrected chi connectivity index (χ0v) is 7.10. The molecule has 1 aromatic rings. The van der Waals surface area contributed by atoms with Gasteiger partial charge in [-0.15, -0.1) is 0 Å². The van der Waals surface area contributed by atoms with Gasteiger partial charge in [0.15, 0.2) is 0 Å². The normalized spacial score (nSPS) is 24.3. The van der Waals surface area contributed by atoms with Crippen molar-refractivity contribution in [1.29, 1.82) is 0 Å². The summed E-state index contributed by atoms with van der Waals surface area (Å²) in [7, 11) is 0. The second kappa shape index (κ2) is 3.09. The van der Waals surface area contributed by atoms with E-state index >= 15 is 0 Å². The molecule has 0 aliphatic heterocycles.